The molecule has 0 unspecified atom stereocenters. The van der Waals surface area contributed by atoms with Crippen molar-refractivity contribution in [2.24, 2.45) is 0 Å². The van der Waals surface area contributed by atoms with Crippen LogP contribution < -0.4 is 5.73 Å². The Hall–Kier alpha value is -0.840. The van der Waals surface area contributed by atoms with Crippen LogP contribution in [0.4, 0.5) is 14.6 Å². The molecule has 0 aliphatic carbocycles. The van der Waals surface area contributed by atoms with Crippen molar-refractivity contribution in [3.05, 3.63) is 11.8 Å². The van der Waals surface area contributed by atoms with Crippen LogP contribution in [0.5, 0.6) is 0 Å². The molecular formula is C6H10ClF2N3. The molecule has 0 saturated heterocycles. The maximum absolute atomic E-state index is 11.8. The number of rotatable bonds is 2. The Morgan fingerprint density at radius 2 is 2.25 bits per heavy atom. The second kappa shape index (κ2) is 4.25. The molecular weight excluding hydrogens is 188 g/mol. The number of aryl methyl sites for hydroxylation is 1. The SMILES string of the molecule is Cc1cc(N)nn1CC(F)F.Cl. The van der Waals surface area contributed by atoms with Gasteiger partial charge in [-0.15, -0.1) is 12.4 Å². The number of hydrogen-bond acceptors (Lipinski definition) is 2. The average Bonchev–Trinajstić information content (AvgIpc) is 2.09. The Bertz CT molecular complexity index is 249. The number of aromatic nitrogens is 2. The number of anilines is 1. The predicted octanol–water partition coefficient (Wildman–Crippen LogP) is 1.46. The highest BCUT2D eigenvalue weighted by atomic mass is 35.5. The van der Waals surface area contributed by atoms with Crippen LogP contribution in [0.1, 0.15) is 5.69 Å². The molecule has 1 heterocycles. The third-order valence-electron chi connectivity index (χ3n) is 1.31. The van der Waals surface area contributed by atoms with E-state index in [1.807, 2.05) is 0 Å². The van der Waals surface area contributed by atoms with Gasteiger partial charge in [-0.25, -0.2) is 8.78 Å². The van der Waals surface area contributed by atoms with E-state index in [4.69, 9.17) is 5.73 Å². The molecule has 6 heteroatoms. The van der Waals surface area contributed by atoms with Gasteiger partial charge in [-0.1, -0.05) is 0 Å². The fourth-order valence-corrected chi connectivity index (χ4v) is 0.851. The lowest BCUT2D eigenvalue weighted by molar-refractivity contribution is 0.121. The highest BCUT2D eigenvalue weighted by Crippen LogP contribution is 2.06. The van der Waals surface area contributed by atoms with E-state index in [9.17, 15) is 8.78 Å². The van der Waals surface area contributed by atoms with Gasteiger partial charge in [0, 0.05) is 11.8 Å². The first-order valence-electron chi connectivity index (χ1n) is 3.17. The van der Waals surface area contributed by atoms with E-state index >= 15 is 0 Å². The summed E-state index contributed by atoms with van der Waals surface area (Å²) in [4.78, 5) is 0. The fourth-order valence-electron chi connectivity index (χ4n) is 0.851. The number of alkyl halides is 2. The first kappa shape index (κ1) is 11.2. The maximum Gasteiger partial charge on any atom is 0.257 e. The summed E-state index contributed by atoms with van der Waals surface area (Å²) in [6, 6.07) is 1.56. The zero-order chi connectivity index (χ0) is 8.43. The summed E-state index contributed by atoms with van der Waals surface area (Å²) in [7, 11) is 0. The summed E-state index contributed by atoms with van der Waals surface area (Å²) in [5, 5.41) is 3.66. The lowest BCUT2D eigenvalue weighted by Gasteiger charge is -2.00. The normalized spacial score (nSPS) is 10.0. The van der Waals surface area contributed by atoms with Crippen molar-refractivity contribution in [1.82, 2.24) is 9.78 Å². The third-order valence-corrected chi connectivity index (χ3v) is 1.31. The second-order valence-electron chi connectivity index (χ2n) is 2.28. The zero-order valence-electron chi connectivity index (χ0n) is 6.50. The summed E-state index contributed by atoms with van der Waals surface area (Å²) in [5.41, 5.74) is 5.93. The number of nitrogens with two attached hydrogens (primary N) is 1. The molecule has 70 valence electrons. The van der Waals surface area contributed by atoms with Crippen molar-refractivity contribution < 1.29 is 8.78 Å². The smallest absolute Gasteiger partial charge is 0.257 e. The van der Waals surface area contributed by atoms with E-state index < -0.39 is 6.43 Å². The van der Waals surface area contributed by atoms with Gasteiger partial charge in [-0.2, -0.15) is 5.10 Å². The lowest BCUT2D eigenvalue weighted by Crippen LogP contribution is -2.09. The molecule has 0 saturated carbocycles. The molecule has 3 nitrogen and oxygen atoms in total. The Morgan fingerprint density at radius 3 is 2.58 bits per heavy atom. The summed E-state index contributed by atoms with van der Waals surface area (Å²) in [5.74, 6) is 0.281. The van der Waals surface area contributed by atoms with Gasteiger partial charge < -0.3 is 5.73 Å². The number of hydrogen-bond donors (Lipinski definition) is 1. The van der Waals surface area contributed by atoms with Crippen LogP contribution in [-0.4, -0.2) is 16.2 Å². The minimum Gasteiger partial charge on any atom is -0.382 e. The van der Waals surface area contributed by atoms with E-state index in [2.05, 4.69) is 5.10 Å². The molecule has 2 N–H and O–H groups in total. The monoisotopic (exact) mass is 197 g/mol. The summed E-state index contributed by atoms with van der Waals surface area (Å²) >= 11 is 0. The van der Waals surface area contributed by atoms with Gasteiger partial charge in [-0.05, 0) is 6.92 Å². The summed E-state index contributed by atoms with van der Waals surface area (Å²) in [6.45, 7) is 1.30. The molecule has 0 amide bonds. The Balaban J connectivity index is 0.00000121. The molecule has 0 spiro atoms. The molecule has 0 atom stereocenters. The van der Waals surface area contributed by atoms with Gasteiger partial charge in [0.25, 0.3) is 6.43 Å². The predicted molar refractivity (Wildman–Crippen MR) is 44.6 cm³/mol. The highest BCUT2D eigenvalue weighted by molar-refractivity contribution is 5.85. The van der Waals surface area contributed by atoms with Gasteiger partial charge in [0.2, 0.25) is 0 Å². The molecule has 1 rings (SSSR count). The lowest BCUT2D eigenvalue weighted by atomic mass is 10.4. The van der Waals surface area contributed by atoms with Crippen molar-refractivity contribution in [1.29, 1.82) is 0 Å². The molecule has 0 bridgehead atoms. The molecule has 0 aliphatic heterocycles. The zero-order valence-corrected chi connectivity index (χ0v) is 7.31. The molecule has 12 heavy (non-hydrogen) atoms. The van der Waals surface area contributed by atoms with E-state index in [0.29, 0.717) is 5.69 Å². The van der Waals surface area contributed by atoms with Crippen LogP contribution in [0.3, 0.4) is 0 Å². The Kier molecular flexibility index (Phi) is 3.95. The maximum atomic E-state index is 11.8. The molecule has 0 aromatic carbocycles. The molecule has 0 aliphatic rings. The van der Waals surface area contributed by atoms with E-state index in [0.717, 1.165) is 0 Å². The van der Waals surface area contributed by atoms with Gasteiger partial charge in [0.15, 0.2) is 0 Å². The topological polar surface area (TPSA) is 43.8 Å². The minimum atomic E-state index is -2.38. The summed E-state index contributed by atoms with van der Waals surface area (Å²) in [6.07, 6.45) is -2.38. The average molecular weight is 198 g/mol. The second-order valence-corrected chi connectivity index (χ2v) is 2.28. The highest BCUT2D eigenvalue weighted by Gasteiger charge is 2.07. The van der Waals surface area contributed by atoms with E-state index in [1.165, 1.54) is 4.68 Å². The van der Waals surface area contributed by atoms with Crippen LogP contribution in [0.15, 0.2) is 6.07 Å². The van der Waals surface area contributed by atoms with Crippen LogP contribution in [0, 0.1) is 6.92 Å². The summed E-state index contributed by atoms with van der Waals surface area (Å²) < 4.78 is 24.8. The third kappa shape index (κ3) is 2.65. The van der Waals surface area contributed by atoms with Gasteiger partial charge in [0.1, 0.15) is 12.4 Å². The van der Waals surface area contributed by atoms with E-state index in [1.54, 1.807) is 13.0 Å². The number of halogens is 3. The van der Waals surface area contributed by atoms with Gasteiger partial charge in [-0.3, -0.25) is 4.68 Å². The van der Waals surface area contributed by atoms with E-state index in [-0.39, 0.29) is 24.8 Å². The molecule has 0 fully saturated rings. The minimum absolute atomic E-state index is 0. The van der Waals surface area contributed by atoms with Crippen LogP contribution in [0.25, 0.3) is 0 Å². The molecule has 0 radical (unpaired) electrons. The van der Waals surface area contributed by atoms with Crippen molar-refractivity contribution in [3.63, 3.8) is 0 Å². The van der Waals surface area contributed by atoms with Crippen LogP contribution >= 0.6 is 12.4 Å². The Labute approximate surface area is 75.0 Å². The van der Waals surface area contributed by atoms with Crippen molar-refractivity contribution >= 4 is 18.2 Å². The first-order valence-corrected chi connectivity index (χ1v) is 3.17. The first-order chi connectivity index (χ1) is 5.09. The number of nitrogen functional groups attached to an aromatic ring is 1. The molecule has 1 aromatic rings. The van der Waals surface area contributed by atoms with Gasteiger partial charge >= 0.3 is 0 Å². The van der Waals surface area contributed by atoms with Crippen molar-refractivity contribution in [2.75, 3.05) is 5.73 Å². The Morgan fingerprint density at radius 1 is 1.67 bits per heavy atom. The van der Waals surface area contributed by atoms with Crippen LogP contribution in [0.2, 0.25) is 0 Å². The van der Waals surface area contributed by atoms with Crippen molar-refractivity contribution in [3.8, 4) is 0 Å². The van der Waals surface area contributed by atoms with Gasteiger partial charge in [0.05, 0.1) is 0 Å². The fraction of sp³-hybridized carbons (Fsp3) is 0.500. The largest absolute Gasteiger partial charge is 0.382 e. The van der Waals surface area contributed by atoms with Crippen molar-refractivity contribution in [2.45, 2.75) is 19.9 Å². The van der Waals surface area contributed by atoms with Crippen LogP contribution in [-0.2, 0) is 6.54 Å². The molecule has 1 aromatic heterocycles. The standard InChI is InChI=1S/C6H9F2N3.ClH/c1-4-2-6(9)10-11(4)3-5(7)8;/h2,5H,3H2,1H3,(H2,9,10);1H. The number of nitrogens with zero attached hydrogens (tertiary/aromatic N) is 2. The quantitative estimate of drug-likeness (QED) is 0.780.